The van der Waals surface area contributed by atoms with E-state index in [9.17, 15) is 0 Å². The summed E-state index contributed by atoms with van der Waals surface area (Å²) in [7, 11) is 0. The number of hydrogen-bond acceptors (Lipinski definition) is 2. The Morgan fingerprint density at radius 2 is 1.25 bits per heavy atom. The van der Waals surface area contributed by atoms with Crippen LogP contribution in [0.3, 0.4) is 0 Å². The second-order valence-corrected chi connectivity index (χ2v) is 5.71. The van der Waals surface area contributed by atoms with Crippen molar-refractivity contribution in [1.29, 1.82) is 0 Å². The molecule has 0 fully saturated rings. The van der Waals surface area contributed by atoms with E-state index in [1.165, 1.54) is 38.5 Å². The quantitative estimate of drug-likeness (QED) is 0.364. The van der Waals surface area contributed by atoms with E-state index >= 15 is 0 Å². The summed E-state index contributed by atoms with van der Waals surface area (Å²) in [5.74, 6) is 1.84. The molecule has 0 aliphatic heterocycles. The van der Waals surface area contributed by atoms with Gasteiger partial charge in [0.05, 0.1) is 13.2 Å². The van der Waals surface area contributed by atoms with Crippen molar-refractivity contribution in [3.8, 4) is 11.5 Å². The van der Waals surface area contributed by atoms with Crippen LogP contribution in [0.1, 0.15) is 51.9 Å². The van der Waals surface area contributed by atoms with Gasteiger partial charge in [-0.2, -0.15) is 0 Å². The first-order valence-corrected chi connectivity index (χ1v) is 8.90. The van der Waals surface area contributed by atoms with Gasteiger partial charge in [0.25, 0.3) is 0 Å². The molecule has 0 aromatic heterocycles. The molecule has 0 radical (unpaired) electrons. The van der Waals surface area contributed by atoms with Gasteiger partial charge in [0.2, 0.25) is 0 Å². The summed E-state index contributed by atoms with van der Waals surface area (Å²) >= 11 is 3.46. The van der Waals surface area contributed by atoms with E-state index in [4.69, 9.17) is 9.47 Å². The number of halogens is 1. The van der Waals surface area contributed by atoms with Crippen molar-refractivity contribution >= 4 is 15.9 Å². The summed E-state index contributed by atoms with van der Waals surface area (Å²) in [4.78, 5) is 0. The van der Waals surface area contributed by atoms with Crippen LogP contribution >= 0.6 is 15.9 Å². The Balaban J connectivity index is 1.98. The van der Waals surface area contributed by atoms with Gasteiger partial charge in [-0.05, 0) is 44.0 Å². The highest BCUT2D eigenvalue weighted by Crippen LogP contribution is 2.18. The molecule has 1 rings (SSSR count). The van der Waals surface area contributed by atoms with E-state index in [0.29, 0.717) is 6.61 Å². The molecule has 0 aliphatic carbocycles. The van der Waals surface area contributed by atoms with Crippen molar-refractivity contribution in [3.63, 3.8) is 0 Å². The van der Waals surface area contributed by atoms with Crippen LogP contribution in [-0.4, -0.2) is 18.5 Å². The Morgan fingerprint density at radius 1 is 0.750 bits per heavy atom. The summed E-state index contributed by atoms with van der Waals surface area (Å²) in [6.45, 7) is 3.51. The lowest BCUT2D eigenvalue weighted by Crippen LogP contribution is -1.97. The maximum absolute atomic E-state index is 5.72. The maximum Gasteiger partial charge on any atom is 0.119 e. The average Bonchev–Trinajstić information content (AvgIpc) is 2.47. The Kier molecular flexibility index (Phi) is 10.5. The van der Waals surface area contributed by atoms with Crippen molar-refractivity contribution in [2.45, 2.75) is 51.9 Å². The monoisotopic (exact) mass is 342 g/mol. The zero-order valence-corrected chi connectivity index (χ0v) is 14.2. The molecule has 0 N–H and O–H groups in total. The fraction of sp³-hybridized carbons (Fsp3) is 0.647. The van der Waals surface area contributed by atoms with Gasteiger partial charge in [-0.1, -0.05) is 48.0 Å². The van der Waals surface area contributed by atoms with Gasteiger partial charge in [-0.3, -0.25) is 0 Å². The van der Waals surface area contributed by atoms with E-state index in [2.05, 4.69) is 15.9 Å². The largest absolute Gasteiger partial charge is 0.494 e. The molecule has 0 saturated heterocycles. The molecule has 0 spiro atoms. The highest BCUT2D eigenvalue weighted by molar-refractivity contribution is 9.09. The zero-order valence-electron chi connectivity index (χ0n) is 12.6. The first kappa shape index (κ1) is 17.4. The molecule has 20 heavy (non-hydrogen) atoms. The molecular formula is C17H27BrO2. The molecule has 0 saturated carbocycles. The third-order valence-corrected chi connectivity index (χ3v) is 3.74. The molecule has 114 valence electrons. The molecule has 0 heterocycles. The number of ether oxygens (including phenoxy) is 2. The fourth-order valence-corrected chi connectivity index (χ4v) is 2.47. The summed E-state index contributed by atoms with van der Waals surface area (Å²) in [6, 6.07) is 7.88. The minimum atomic E-state index is 0.704. The predicted molar refractivity (Wildman–Crippen MR) is 89.2 cm³/mol. The van der Waals surface area contributed by atoms with Crippen LogP contribution in [0, 0.1) is 0 Å². The van der Waals surface area contributed by atoms with E-state index in [-0.39, 0.29) is 0 Å². The number of hydrogen-bond donors (Lipinski definition) is 0. The van der Waals surface area contributed by atoms with Gasteiger partial charge in [-0.25, -0.2) is 0 Å². The van der Waals surface area contributed by atoms with Crippen molar-refractivity contribution in [1.82, 2.24) is 0 Å². The summed E-state index contributed by atoms with van der Waals surface area (Å²) < 4.78 is 11.1. The first-order valence-electron chi connectivity index (χ1n) is 7.78. The highest BCUT2D eigenvalue weighted by Gasteiger charge is 1.96. The zero-order chi connectivity index (χ0) is 14.5. The Labute approximate surface area is 132 Å². The van der Waals surface area contributed by atoms with Crippen LogP contribution in [0.5, 0.6) is 11.5 Å². The van der Waals surface area contributed by atoms with Gasteiger partial charge in [0.15, 0.2) is 0 Å². The predicted octanol–water partition coefficient (Wildman–Crippen LogP) is 5.59. The standard InChI is InChI=1S/C17H27BrO2/c1-2-19-16-10-12-17(13-11-16)20-15-9-7-5-3-4-6-8-14-18/h10-13H,2-9,14-15H2,1H3. The van der Waals surface area contributed by atoms with E-state index < -0.39 is 0 Å². The van der Waals surface area contributed by atoms with Crippen LogP contribution < -0.4 is 9.47 Å². The average molecular weight is 343 g/mol. The molecule has 1 aromatic carbocycles. The smallest absolute Gasteiger partial charge is 0.119 e. The number of alkyl halides is 1. The molecule has 0 unspecified atom stereocenters. The number of rotatable bonds is 12. The van der Waals surface area contributed by atoms with Crippen molar-refractivity contribution < 1.29 is 9.47 Å². The lowest BCUT2D eigenvalue weighted by atomic mass is 10.1. The van der Waals surface area contributed by atoms with E-state index in [0.717, 1.165) is 29.9 Å². The summed E-state index contributed by atoms with van der Waals surface area (Å²) in [6.07, 6.45) is 9.13. The van der Waals surface area contributed by atoms with E-state index in [1.807, 2.05) is 31.2 Å². The lowest BCUT2D eigenvalue weighted by molar-refractivity contribution is 0.302. The molecule has 0 bridgehead atoms. The maximum atomic E-state index is 5.72. The van der Waals surface area contributed by atoms with E-state index in [1.54, 1.807) is 0 Å². The normalized spacial score (nSPS) is 10.5. The van der Waals surface area contributed by atoms with Crippen molar-refractivity contribution in [2.24, 2.45) is 0 Å². The first-order chi connectivity index (χ1) is 9.86. The Hall–Kier alpha value is -0.700. The second kappa shape index (κ2) is 12.1. The third kappa shape index (κ3) is 8.47. The van der Waals surface area contributed by atoms with Crippen LogP contribution in [0.2, 0.25) is 0 Å². The topological polar surface area (TPSA) is 18.5 Å². The molecular weight excluding hydrogens is 316 g/mol. The SMILES string of the molecule is CCOc1ccc(OCCCCCCCCCBr)cc1. The summed E-state index contributed by atoms with van der Waals surface area (Å²) in [5.41, 5.74) is 0. The lowest BCUT2D eigenvalue weighted by Gasteiger charge is -2.07. The molecule has 2 nitrogen and oxygen atoms in total. The molecule has 0 amide bonds. The van der Waals surface area contributed by atoms with Gasteiger partial charge in [0, 0.05) is 5.33 Å². The molecule has 0 aliphatic rings. The van der Waals surface area contributed by atoms with Crippen LogP contribution in [0.25, 0.3) is 0 Å². The number of benzene rings is 1. The minimum Gasteiger partial charge on any atom is -0.494 e. The second-order valence-electron chi connectivity index (χ2n) is 4.92. The summed E-state index contributed by atoms with van der Waals surface area (Å²) in [5, 5.41) is 1.14. The van der Waals surface area contributed by atoms with Crippen molar-refractivity contribution in [3.05, 3.63) is 24.3 Å². The van der Waals surface area contributed by atoms with Gasteiger partial charge >= 0.3 is 0 Å². The molecule has 3 heteroatoms. The van der Waals surface area contributed by atoms with Crippen LogP contribution in [-0.2, 0) is 0 Å². The fourth-order valence-electron chi connectivity index (χ4n) is 2.07. The Morgan fingerprint density at radius 3 is 1.80 bits per heavy atom. The molecule has 0 atom stereocenters. The minimum absolute atomic E-state index is 0.704. The van der Waals surface area contributed by atoms with Crippen LogP contribution in [0.4, 0.5) is 0 Å². The third-order valence-electron chi connectivity index (χ3n) is 3.18. The Bertz CT molecular complexity index is 324. The van der Waals surface area contributed by atoms with Crippen molar-refractivity contribution in [2.75, 3.05) is 18.5 Å². The van der Waals surface area contributed by atoms with Gasteiger partial charge in [-0.15, -0.1) is 0 Å². The van der Waals surface area contributed by atoms with Crippen LogP contribution in [0.15, 0.2) is 24.3 Å². The highest BCUT2D eigenvalue weighted by atomic mass is 79.9. The molecule has 1 aromatic rings. The number of unbranched alkanes of at least 4 members (excludes halogenated alkanes) is 6. The van der Waals surface area contributed by atoms with Gasteiger partial charge in [0.1, 0.15) is 11.5 Å². The van der Waals surface area contributed by atoms with Gasteiger partial charge < -0.3 is 9.47 Å².